The molecule has 1 aliphatic rings. The molecule has 0 amide bonds. The van der Waals surface area contributed by atoms with Crippen LogP contribution in [-0.2, 0) is 6.54 Å². The van der Waals surface area contributed by atoms with Crippen molar-refractivity contribution in [2.45, 2.75) is 13.5 Å². The highest BCUT2D eigenvalue weighted by Crippen LogP contribution is 2.37. The maximum absolute atomic E-state index is 6.09. The molecule has 0 bridgehead atoms. The molecule has 0 unspecified atom stereocenters. The van der Waals surface area contributed by atoms with E-state index < -0.39 is 0 Å². The van der Waals surface area contributed by atoms with E-state index in [2.05, 4.69) is 0 Å². The van der Waals surface area contributed by atoms with Gasteiger partial charge in [0.1, 0.15) is 0 Å². The maximum Gasteiger partial charge on any atom is 0.0696 e. The summed E-state index contributed by atoms with van der Waals surface area (Å²) in [4.78, 5) is 1.24. The van der Waals surface area contributed by atoms with E-state index in [1.165, 1.54) is 4.88 Å². The van der Waals surface area contributed by atoms with Gasteiger partial charge in [-0.1, -0.05) is 11.6 Å². The molecular weight excluding hydrogens is 213 g/mol. The van der Waals surface area contributed by atoms with Crippen LogP contribution in [0.2, 0.25) is 0 Å². The Balaban J connectivity index is 2.57. The first-order chi connectivity index (χ1) is 5.70. The Labute approximate surface area is 85.3 Å². The van der Waals surface area contributed by atoms with Crippen LogP contribution in [0.3, 0.4) is 0 Å². The zero-order valence-electron chi connectivity index (χ0n) is 6.47. The fraction of sp³-hybridized carbons (Fsp3) is 0.250. The molecule has 0 radical (unpaired) electrons. The number of hydrogen-bond donors (Lipinski definition) is 0. The fourth-order valence-corrected chi connectivity index (χ4v) is 2.73. The third kappa shape index (κ3) is 1.15. The van der Waals surface area contributed by atoms with E-state index in [1.54, 1.807) is 15.8 Å². The Bertz CT molecular complexity index is 343. The van der Waals surface area contributed by atoms with Crippen molar-refractivity contribution in [3.05, 3.63) is 27.6 Å². The Morgan fingerprint density at radius 2 is 2.33 bits per heavy atom. The van der Waals surface area contributed by atoms with Gasteiger partial charge in [0.2, 0.25) is 0 Å². The molecule has 2 heterocycles. The van der Waals surface area contributed by atoms with Crippen molar-refractivity contribution in [3.8, 4) is 0 Å². The lowest BCUT2D eigenvalue weighted by atomic mass is 10.1. The van der Waals surface area contributed by atoms with Gasteiger partial charge in [0.15, 0.2) is 0 Å². The summed E-state index contributed by atoms with van der Waals surface area (Å²) >= 11 is 13.7. The molecule has 0 atom stereocenters. The second kappa shape index (κ2) is 2.95. The number of halogens is 2. The van der Waals surface area contributed by atoms with E-state index in [-0.39, 0.29) is 0 Å². The van der Waals surface area contributed by atoms with Crippen LogP contribution >= 0.6 is 34.7 Å². The highest BCUT2D eigenvalue weighted by molar-refractivity contribution is 7.10. The Kier molecular flexibility index (Phi) is 2.07. The first kappa shape index (κ1) is 8.42. The summed E-state index contributed by atoms with van der Waals surface area (Å²) in [7, 11) is 0. The minimum Gasteiger partial charge on any atom is -0.283 e. The van der Waals surface area contributed by atoms with Crippen molar-refractivity contribution in [2.24, 2.45) is 0 Å². The van der Waals surface area contributed by atoms with Crippen LogP contribution in [0.4, 0.5) is 0 Å². The molecule has 1 aromatic heterocycles. The van der Waals surface area contributed by atoms with E-state index in [9.17, 15) is 0 Å². The SMILES string of the molecule is CC1=C(Cl)c2ccsc2CN1Cl. The summed E-state index contributed by atoms with van der Waals surface area (Å²) in [5.41, 5.74) is 2.07. The van der Waals surface area contributed by atoms with Crippen molar-refractivity contribution >= 4 is 39.7 Å². The average Bonchev–Trinajstić information content (AvgIpc) is 2.48. The van der Waals surface area contributed by atoms with Crippen molar-refractivity contribution in [1.82, 2.24) is 4.42 Å². The molecular formula is C8H7Cl2NS. The normalized spacial score (nSPS) is 16.8. The summed E-state index contributed by atoms with van der Waals surface area (Å²) in [5, 5.41) is 2.81. The third-order valence-electron chi connectivity index (χ3n) is 1.95. The predicted octanol–water partition coefficient (Wildman–Crippen LogP) is 3.64. The summed E-state index contributed by atoms with van der Waals surface area (Å²) in [6, 6.07) is 2.04. The van der Waals surface area contributed by atoms with E-state index in [1.807, 2.05) is 18.4 Å². The molecule has 0 spiro atoms. The molecule has 4 heteroatoms. The molecule has 64 valence electrons. The van der Waals surface area contributed by atoms with Gasteiger partial charge in [-0.05, 0) is 18.4 Å². The molecule has 0 aliphatic carbocycles. The lowest BCUT2D eigenvalue weighted by molar-refractivity contribution is 0.553. The average molecular weight is 220 g/mol. The van der Waals surface area contributed by atoms with Crippen molar-refractivity contribution in [3.63, 3.8) is 0 Å². The van der Waals surface area contributed by atoms with Crippen LogP contribution in [-0.4, -0.2) is 4.42 Å². The lowest BCUT2D eigenvalue weighted by Crippen LogP contribution is -2.14. The van der Waals surface area contributed by atoms with Crippen molar-refractivity contribution in [2.75, 3.05) is 0 Å². The lowest BCUT2D eigenvalue weighted by Gasteiger charge is -2.22. The largest absolute Gasteiger partial charge is 0.283 e. The van der Waals surface area contributed by atoms with Crippen LogP contribution in [0.15, 0.2) is 17.1 Å². The predicted molar refractivity (Wildman–Crippen MR) is 54.2 cm³/mol. The van der Waals surface area contributed by atoms with Crippen molar-refractivity contribution in [1.29, 1.82) is 0 Å². The second-order valence-electron chi connectivity index (χ2n) is 2.68. The number of hydrogen-bond acceptors (Lipinski definition) is 2. The van der Waals surface area contributed by atoms with Gasteiger partial charge in [-0.15, -0.1) is 11.3 Å². The highest BCUT2D eigenvalue weighted by atomic mass is 35.5. The first-order valence-corrected chi connectivity index (χ1v) is 5.16. The zero-order chi connectivity index (χ0) is 8.72. The number of rotatable bonds is 0. The number of nitrogens with zero attached hydrogens (tertiary/aromatic N) is 1. The summed E-state index contributed by atoms with van der Waals surface area (Å²) in [6.45, 7) is 2.69. The summed E-state index contributed by atoms with van der Waals surface area (Å²) in [5.74, 6) is 0. The van der Waals surface area contributed by atoms with Gasteiger partial charge < -0.3 is 0 Å². The van der Waals surface area contributed by atoms with Gasteiger partial charge in [0.05, 0.1) is 11.6 Å². The summed E-state index contributed by atoms with van der Waals surface area (Å²) < 4.78 is 1.65. The monoisotopic (exact) mass is 219 g/mol. The topological polar surface area (TPSA) is 3.24 Å². The van der Waals surface area contributed by atoms with E-state index in [4.69, 9.17) is 23.4 Å². The van der Waals surface area contributed by atoms with Gasteiger partial charge in [-0.3, -0.25) is 4.42 Å². The molecule has 0 aromatic carbocycles. The van der Waals surface area contributed by atoms with Gasteiger partial charge in [-0.25, -0.2) is 0 Å². The smallest absolute Gasteiger partial charge is 0.0696 e. The molecule has 1 aromatic rings. The molecule has 0 saturated heterocycles. The fourth-order valence-electron chi connectivity index (χ4n) is 1.20. The Morgan fingerprint density at radius 1 is 1.58 bits per heavy atom. The molecule has 12 heavy (non-hydrogen) atoms. The van der Waals surface area contributed by atoms with Gasteiger partial charge in [-0.2, -0.15) is 0 Å². The Morgan fingerprint density at radius 3 is 3.08 bits per heavy atom. The minimum atomic E-state index is 0.761. The van der Waals surface area contributed by atoms with Crippen LogP contribution in [0, 0.1) is 0 Å². The standard InChI is InChI=1S/C8H7Cl2NS/c1-5-8(9)6-2-3-12-7(6)4-11(5)10/h2-3H,4H2,1H3. The van der Waals surface area contributed by atoms with E-state index in [0.29, 0.717) is 0 Å². The molecule has 0 fully saturated rings. The first-order valence-electron chi connectivity index (χ1n) is 3.56. The third-order valence-corrected chi connectivity index (χ3v) is 3.70. The van der Waals surface area contributed by atoms with Gasteiger partial charge in [0.25, 0.3) is 0 Å². The Hall–Kier alpha value is -0.180. The van der Waals surface area contributed by atoms with E-state index in [0.717, 1.165) is 22.8 Å². The number of thiophene rings is 1. The second-order valence-corrected chi connectivity index (χ2v) is 4.46. The van der Waals surface area contributed by atoms with Crippen LogP contribution in [0.1, 0.15) is 17.4 Å². The van der Waals surface area contributed by atoms with E-state index >= 15 is 0 Å². The molecule has 1 nitrogen and oxygen atoms in total. The molecule has 0 saturated carbocycles. The number of fused-ring (bicyclic) bond motifs is 1. The van der Waals surface area contributed by atoms with Crippen LogP contribution in [0.25, 0.3) is 5.03 Å². The molecule has 2 rings (SSSR count). The van der Waals surface area contributed by atoms with Crippen LogP contribution < -0.4 is 0 Å². The minimum absolute atomic E-state index is 0.761. The highest BCUT2D eigenvalue weighted by Gasteiger charge is 2.20. The van der Waals surface area contributed by atoms with Crippen LogP contribution in [0.5, 0.6) is 0 Å². The number of allylic oxidation sites excluding steroid dienone is 1. The van der Waals surface area contributed by atoms with Gasteiger partial charge >= 0.3 is 0 Å². The molecule has 0 N–H and O–H groups in total. The summed E-state index contributed by atoms with van der Waals surface area (Å²) in [6.07, 6.45) is 0. The van der Waals surface area contributed by atoms with Gasteiger partial charge in [0, 0.05) is 27.9 Å². The maximum atomic E-state index is 6.09. The van der Waals surface area contributed by atoms with Crippen molar-refractivity contribution < 1.29 is 0 Å². The zero-order valence-corrected chi connectivity index (χ0v) is 8.80. The quantitative estimate of drug-likeness (QED) is 0.603. The molecule has 1 aliphatic heterocycles.